The van der Waals surface area contributed by atoms with Crippen molar-refractivity contribution in [3.05, 3.63) is 65.7 Å². The molecular weight excluding hydrogens is 270 g/mol. The molecular formula is C15H15N3OS. The van der Waals surface area contributed by atoms with E-state index in [9.17, 15) is 4.79 Å². The Balaban J connectivity index is 1.97. The Hall–Kier alpha value is -2.40. The molecule has 0 bridgehead atoms. The molecule has 0 heterocycles. The van der Waals surface area contributed by atoms with Gasteiger partial charge in [0.2, 0.25) is 0 Å². The summed E-state index contributed by atoms with van der Waals surface area (Å²) in [4.78, 5) is 11.3. The van der Waals surface area contributed by atoms with E-state index in [0.717, 1.165) is 5.56 Å². The quantitative estimate of drug-likeness (QED) is 0.754. The van der Waals surface area contributed by atoms with E-state index >= 15 is 0 Å². The van der Waals surface area contributed by atoms with Crippen molar-refractivity contribution in [2.24, 2.45) is 5.73 Å². The zero-order valence-electron chi connectivity index (χ0n) is 10.8. The maximum Gasteiger partial charge on any atom is 0.250 e. The molecule has 4 nitrogen and oxygen atoms in total. The number of nitrogens with one attached hydrogen (secondary N) is 2. The molecule has 0 aliphatic heterocycles. The first-order valence-corrected chi connectivity index (χ1v) is 6.55. The highest BCUT2D eigenvalue weighted by Gasteiger charge is 2.07. The molecule has 4 N–H and O–H groups in total. The van der Waals surface area contributed by atoms with Gasteiger partial charge in [0.05, 0.1) is 11.3 Å². The average molecular weight is 285 g/mol. The van der Waals surface area contributed by atoms with Crippen LogP contribution in [0.15, 0.2) is 54.6 Å². The summed E-state index contributed by atoms with van der Waals surface area (Å²) < 4.78 is 0. The largest absolute Gasteiger partial charge is 0.366 e. The third-order valence-electron chi connectivity index (χ3n) is 2.74. The van der Waals surface area contributed by atoms with Crippen LogP contribution in [0.4, 0.5) is 5.69 Å². The van der Waals surface area contributed by atoms with E-state index in [1.807, 2.05) is 36.4 Å². The minimum atomic E-state index is -0.487. The molecule has 0 spiro atoms. The molecule has 0 fully saturated rings. The second-order valence-electron chi connectivity index (χ2n) is 4.20. The lowest BCUT2D eigenvalue weighted by molar-refractivity contribution is 0.100. The van der Waals surface area contributed by atoms with Gasteiger partial charge in [-0.05, 0) is 29.9 Å². The summed E-state index contributed by atoms with van der Waals surface area (Å²) in [6.45, 7) is 0.616. The van der Waals surface area contributed by atoms with Gasteiger partial charge >= 0.3 is 0 Å². The number of hydrogen-bond acceptors (Lipinski definition) is 2. The Morgan fingerprint density at radius 2 is 1.70 bits per heavy atom. The topological polar surface area (TPSA) is 67.2 Å². The van der Waals surface area contributed by atoms with Gasteiger partial charge in [-0.15, -0.1) is 0 Å². The first-order chi connectivity index (χ1) is 9.66. The van der Waals surface area contributed by atoms with E-state index in [0.29, 0.717) is 22.9 Å². The molecule has 5 heteroatoms. The predicted octanol–water partition coefficient (Wildman–Crippen LogP) is 2.27. The summed E-state index contributed by atoms with van der Waals surface area (Å²) in [7, 11) is 0. The Kier molecular flexibility index (Phi) is 4.68. The summed E-state index contributed by atoms with van der Waals surface area (Å²) in [6.07, 6.45) is 0. The van der Waals surface area contributed by atoms with E-state index < -0.39 is 5.91 Å². The molecule has 0 atom stereocenters. The monoisotopic (exact) mass is 285 g/mol. The number of carbonyl (C=O) groups is 1. The minimum Gasteiger partial charge on any atom is -0.366 e. The Morgan fingerprint density at radius 3 is 2.40 bits per heavy atom. The third kappa shape index (κ3) is 3.80. The molecule has 0 aliphatic rings. The van der Waals surface area contributed by atoms with Crippen molar-refractivity contribution in [2.75, 3.05) is 5.32 Å². The number of thiocarbonyl (C=S) groups is 1. The molecule has 0 saturated heterocycles. The van der Waals surface area contributed by atoms with Gasteiger partial charge in [-0.3, -0.25) is 4.79 Å². The number of carbonyl (C=O) groups excluding carboxylic acids is 1. The van der Waals surface area contributed by atoms with Crippen molar-refractivity contribution in [3.63, 3.8) is 0 Å². The first kappa shape index (κ1) is 14.0. The van der Waals surface area contributed by atoms with Crippen LogP contribution >= 0.6 is 12.2 Å². The molecule has 2 aromatic carbocycles. The molecule has 0 radical (unpaired) electrons. The normalized spacial score (nSPS) is 9.80. The van der Waals surface area contributed by atoms with Crippen LogP contribution in [0.3, 0.4) is 0 Å². The Morgan fingerprint density at radius 1 is 1.05 bits per heavy atom. The van der Waals surface area contributed by atoms with Gasteiger partial charge in [0.1, 0.15) is 0 Å². The van der Waals surface area contributed by atoms with E-state index in [1.54, 1.807) is 18.2 Å². The van der Waals surface area contributed by atoms with Crippen LogP contribution in [0.5, 0.6) is 0 Å². The SMILES string of the molecule is NC(=O)c1ccccc1NC(=S)NCc1ccccc1. The molecule has 0 unspecified atom stereocenters. The lowest BCUT2D eigenvalue weighted by Crippen LogP contribution is -2.29. The molecule has 20 heavy (non-hydrogen) atoms. The number of primary amides is 1. The highest BCUT2D eigenvalue weighted by molar-refractivity contribution is 7.80. The summed E-state index contributed by atoms with van der Waals surface area (Å²) in [5.74, 6) is -0.487. The number of rotatable bonds is 4. The summed E-state index contributed by atoms with van der Waals surface area (Å²) in [5.41, 5.74) is 7.45. The van der Waals surface area contributed by atoms with Crippen LogP contribution in [0.1, 0.15) is 15.9 Å². The second kappa shape index (κ2) is 6.68. The van der Waals surface area contributed by atoms with Crippen molar-refractivity contribution in [1.29, 1.82) is 0 Å². The summed E-state index contributed by atoms with van der Waals surface area (Å²) >= 11 is 5.21. The van der Waals surface area contributed by atoms with Gasteiger partial charge in [0, 0.05) is 6.54 Å². The minimum absolute atomic E-state index is 0.413. The van der Waals surface area contributed by atoms with E-state index in [1.165, 1.54) is 0 Å². The summed E-state index contributed by atoms with van der Waals surface area (Å²) in [5, 5.41) is 6.51. The van der Waals surface area contributed by atoms with Crippen LogP contribution in [-0.4, -0.2) is 11.0 Å². The highest BCUT2D eigenvalue weighted by Crippen LogP contribution is 2.14. The van der Waals surface area contributed by atoms with Crippen molar-refractivity contribution in [3.8, 4) is 0 Å². The zero-order valence-corrected chi connectivity index (χ0v) is 11.6. The Bertz CT molecular complexity index is 614. The van der Waals surface area contributed by atoms with Crippen LogP contribution < -0.4 is 16.4 Å². The standard InChI is InChI=1S/C15H15N3OS/c16-14(19)12-8-4-5-9-13(12)18-15(20)17-10-11-6-2-1-3-7-11/h1-9H,10H2,(H2,16,19)(H2,17,18,20). The number of benzene rings is 2. The van der Waals surface area contributed by atoms with Crippen LogP contribution in [-0.2, 0) is 6.54 Å². The molecule has 0 aromatic heterocycles. The molecule has 0 aliphatic carbocycles. The van der Waals surface area contributed by atoms with Gasteiger partial charge in [-0.1, -0.05) is 42.5 Å². The fourth-order valence-electron chi connectivity index (χ4n) is 1.75. The average Bonchev–Trinajstić information content (AvgIpc) is 2.46. The van der Waals surface area contributed by atoms with E-state index in [-0.39, 0.29) is 0 Å². The van der Waals surface area contributed by atoms with E-state index in [2.05, 4.69) is 10.6 Å². The second-order valence-corrected chi connectivity index (χ2v) is 4.61. The lowest BCUT2D eigenvalue weighted by atomic mass is 10.1. The van der Waals surface area contributed by atoms with Crippen molar-refractivity contribution >= 4 is 28.9 Å². The zero-order chi connectivity index (χ0) is 14.4. The Labute approximate surface area is 123 Å². The van der Waals surface area contributed by atoms with Gasteiger partial charge in [0.15, 0.2) is 5.11 Å². The van der Waals surface area contributed by atoms with Gasteiger partial charge in [-0.2, -0.15) is 0 Å². The lowest BCUT2D eigenvalue weighted by Gasteiger charge is -2.12. The fraction of sp³-hybridized carbons (Fsp3) is 0.0667. The number of amides is 1. The predicted molar refractivity (Wildman–Crippen MR) is 84.5 cm³/mol. The fourth-order valence-corrected chi connectivity index (χ4v) is 1.93. The van der Waals surface area contributed by atoms with E-state index in [4.69, 9.17) is 18.0 Å². The molecule has 102 valence electrons. The van der Waals surface area contributed by atoms with Crippen molar-refractivity contribution in [1.82, 2.24) is 5.32 Å². The van der Waals surface area contributed by atoms with Crippen LogP contribution in [0, 0.1) is 0 Å². The maximum atomic E-state index is 11.3. The van der Waals surface area contributed by atoms with Gasteiger partial charge in [0.25, 0.3) is 5.91 Å². The van der Waals surface area contributed by atoms with Crippen molar-refractivity contribution in [2.45, 2.75) is 6.54 Å². The highest BCUT2D eigenvalue weighted by atomic mass is 32.1. The molecule has 0 saturated carbocycles. The number of anilines is 1. The summed E-state index contributed by atoms with van der Waals surface area (Å²) in [6, 6.07) is 16.9. The third-order valence-corrected chi connectivity index (χ3v) is 2.98. The van der Waals surface area contributed by atoms with Gasteiger partial charge in [-0.25, -0.2) is 0 Å². The molecule has 2 aromatic rings. The van der Waals surface area contributed by atoms with Crippen LogP contribution in [0.25, 0.3) is 0 Å². The number of para-hydroxylation sites is 1. The number of hydrogen-bond donors (Lipinski definition) is 3. The first-order valence-electron chi connectivity index (χ1n) is 6.14. The number of nitrogens with two attached hydrogens (primary N) is 1. The molecule has 1 amide bonds. The van der Waals surface area contributed by atoms with Crippen LogP contribution in [0.2, 0.25) is 0 Å². The van der Waals surface area contributed by atoms with Gasteiger partial charge < -0.3 is 16.4 Å². The maximum absolute atomic E-state index is 11.3. The smallest absolute Gasteiger partial charge is 0.250 e. The van der Waals surface area contributed by atoms with Crippen molar-refractivity contribution < 1.29 is 4.79 Å². The molecule has 2 rings (SSSR count).